The molecule has 0 unspecified atom stereocenters. The number of hydrogen-bond acceptors (Lipinski definition) is 5. The van der Waals surface area contributed by atoms with Gasteiger partial charge in [-0.05, 0) is 6.42 Å². The number of aromatic amines is 1. The Labute approximate surface area is 97.8 Å². The smallest absolute Gasteiger partial charge is 0.319 e. The third kappa shape index (κ3) is 5.09. The number of ether oxygens (including phenoxy) is 1. The van der Waals surface area contributed by atoms with Crippen LogP contribution in [0.2, 0.25) is 0 Å². The first-order chi connectivity index (χ1) is 7.72. The first kappa shape index (κ1) is 12.9. The third-order valence-electron chi connectivity index (χ3n) is 1.92. The Morgan fingerprint density at radius 1 is 1.62 bits per heavy atom. The number of carbonyl (C=O) groups excluding carboxylic acids is 1. The maximum atomic E-state index is 11.2. The monoisotopic (exact) mass is 244 g/mol. The molecule has 0 saturated heterocycles. The highest BCUT2D eigenvalue weighted by Crippen LogP contribution is 1.94. The lowest BCUT2D eigenvalue weighted by molar-refractivity contribution is -0.142. The van der Waals surface area contributed by atoms with Crippen molar-refractivity contribution in [3.8, 4) is 0 Å². The molecule has 90 valence electrons. The summed E-state index contributed by atoms with van der Waals surface area (Å²) in [6.07, 6.45) is 1.90. The first-order valence-corrected chi connectivity index (χ1v) is 6.13. The molecular weight excluding hydrogens is 228 g/mol. The average Bonchev–Trinajstić information content (AvgIpc) is 2.65. The van der Waals surface area contributed by atoms with Crippen LogP contribution < -0.4 is 10.2 Å². The van der Waals surface area contributed by atoms with Gasteiger partial charge in [0.05, 0.1) is 13.2 Å². The molecule has 0 radical (unpaired) electrons. The average molecular weight is 244 g/mol. The van der Waals surface area contributed by atoms with Crippen LogP contribution in [0.5, 0.6) is 0 Å². The van der Waals surface area contributed by atoms with E-state index in [0.29, 0.717) is 13.2 Å². The van der Waals surface area contributed by atoms with Crippen LogP contribution in [0.1, 0.15) is 25.5 Å². The number of unbranched alkanes of at least 4 members (excludes halogenated alkanes) is 1. The number of aromatic nitrogens is 1. The van der Waals surface area contributed by atoms with Crippen molar-refractivity contribution in [1.82, 2.24) is 10.3 Å². The van der Waals surface area contributed by atoms with Gasteiger partial charge in [0.1, 0.15) is 0 Å². The minimum atomic E-state index is -0.258. The number of H-pyrrole nitrogens is 1. The number of thiazole rings is 1. The molecule has 0 atom stereocenters. The van der Waals surface area contributed by atoms with E-state index in [1.54, 1.807) is 5.38 Å². The van der Waals surface area contributed by atoms with Gasteiger partial charge in [-0.2, -0.15) is 0 Å². The van der Waals surface area contributed by atoms with Gasteiger partial charge in [-0.3, -0.25) is 9.59 Å². The molecule has 5 nitrogen and oxygen atoms in total. The van der Waals surface area contributed by atoms with Crippen LogP contribution in [-0.2, 0) is 16.1 Å². The second-order valence-electron chi connectivity index (χ2n) is 3.35. The van der Waals surface area contributed by atoms with Crippen molar-refractivity contribution in [3.63, 3.8) is 0 Å². The Morgan fingerprint density at radius 2 is 2.44 bits per heavy atom. The Hall–Kier alpha value is -1.14. The Kier molecular flexibility index (Phi) is 5.81. The lowest BCUT2D eigenvalue weighted by Crippen LogP contribution is -2.25. The quantitative estimate of drug-likeness (QED) is 0.551. The summed E-state index contributed by atoms with van der Waals surface area (Å²) in [5.74, 6) is -0.258. The van der Waals surface area contributed by atoms with Crippen molar-refractivity contribution in [2.75, 3.05) is 13.2 Å². The summed E-state index contributed by atoms with van der Waals surface area (Å²) in [4.78, 5) is 24.5. The lowest BCUT2D eigenvalue weighted by Gasteiger charge is -2.04. The number of rotatable bonds is 7. The van der Waals surface area contributed by atoms with Crippen LogP contribution in [0.15, 0.2) is 10.2 Å². The molecule has 0 aliphatic carbocycles. The molecular formula is C10H16N2O3S. The highest BCUT2D eigenvalue weighted by molar-refractivity contribution is 7.07. The maximum Gasteiger partial charge on any atom is 0.319 e. The Bertz CT molecular complexity index is 372. The van der Waals surface area contributed by atoms with Gasteiger partial charge in [0.2, 0.25) is 0 Å². The molecule has 16 heavy (non-hydrogen) atoms. The van der Waals surface area contributed by atoms with E-state index in [1.807, 2.05) is 6.92 Å². The molecule has 0 aliphatic rings. The van der Waals surface area contributed by atoms with Gasteiger partial charge in [-0.1, -0.05) is 24.7 Å². The first-order valence-electron chi connectivity index (χ1n) is 5.25. The summed E-state index contributed by atoms with van der Waals surface area (Å²) in [5, 5.41) is 4.64. The van der Waals surface area contributed by atoms with Crippen molar-refractivity contribution < 1.29 is 9.53 Å². The largest absolute Gasteiger partial charge is 0.465 e. The van der Waals surface area contributed by atoms with Gasteiger partial charge in [-0.25, -0.2) is 0 Å². The predicted octanol–water partition coefficient (Wildman–Crippen LogP) is 0.869. The van der Waals surface area contributed by atoms with Crippen LogP contribution in [0.4, 0.5) is 0 Å². The fourth-order valence-electron chi connectivity index (χ4n) is 1.08. The van der Waals surface area contributed by atoms with E-state index in [4.69, 9.17) is 4.74 Å². The molecule has 1 aromatic heterocycles. The molecule has 6 heteroatoms. The van der Waals surface area contributed by atoms with E-state index in [0.717, 1.165) is 29.9 Å². The fraction of sp³-hybridized carbons (Fsp3) is 0.600. The maximum absolute atomic E-state index is 11.2. The Balaban J connectivity index is 2.11. The zero-order chi connectivity index (χ0) is 11.8. The minimum Gasteiger partial charge on any atom is -0.465 e. The standard InChI is InChI=1S/C10H16N2O3S/c1-2-3-4-15-9(13)6-11-5-8-7-16-10(14)12-8/h7,11H,2-6H2,1H3,(H,12,14). The van der Waals surface area contributed by atoms with Crippen LogP contribution in [0.25, 0.3) is 0 Å². The molecule has 0 amide bonds. The Morgan fingerprint density at radius 3 is 3.06 bits per heavy atom. The minimum absolute atomic E-state index is 0.0812. The highest BCUT2D eigenvalue weighted by Gasteiger charge is 2.02. The molecule has 1 heterocycles. The van der Waals surface area contributed by atoms with Crippen molar-refractivity contribution >= 4 is 17.3 Å². The zero-order valence-corrected chi connectivity index (χ0v) is 10.1. The van der Waals surface area contributed by atoms with Crippen LogP contribution in [0, 0.1) is 0 Å². The molecule has 2 N–H and O–H groups in total. The molecule has 0 aromatic carbocycles. The van der Waals surface area contributed by atoms with E-state index in [-0.39, 0.29) is 17.4 Å². The molecule has 0 aliphatic heterocycles. The molecule has 0 fully saturated rings. The van der Waals surface area contributed by atoms with Gasteiger partial charge in [0, 0.05) is 17.6 Å². The van der Waals surface area contributed by atoms with Crippen molar-refractivity contribution in [1.29, 1.82) is 0 Å². The molecule has 0 bridgehead atoms. The van der Waals surface area contributed by atoms with E-state index in [1.165, 1.54) is 0 Å². The molecule has 1 aromatic rings. The van der Waals surface area contributed by atoms with E-state index in [9.17, 15) is 9.59 Å². The third-order valence-corrected chi connectivity index (χ3v) is 2.64. The number of hydrogen-bond donors (Lipinski definition) is 2. The van der Waals surface area contributed by atoms with Gasteiger partial charge in [0.25, 0.3) is 0 Å². The number of nitrogens with one attached hydrogen (secondary N) is 2. The summed E-state index contributed by atoms with van der Waals surface area (Å²) >= 11 is 1.11. The number of esters is 1. The SMILES string of the molecule is CCCCOC(=O)CNCc1csc(=O)[nH]1. The summed E-state index contributed by atoms with van der Waals surface area (Å²) < 4.78 is 4.95. The number of carbonyl (C=O) groups is 1. The molecule has 1 rings (SSSR count). The van der Waals surface area contributed by atoms with Gasteiger partial charge in [0.15, 0.2) is 0 Å². The van der Waals surface area contributed by atoms with Crippen molar-refractivity contribution in [3.05, 3.63) is 20.7 Å². The van der Waals surface area contributed by atoms with Gasteiger partial charge < -0.3 is 15.0 Å². The highest BCUT2D eigenvalue weighted by atomic mass is 32.1. The van der Waals surface area contributed by atoms with E-state index in [2.05, 4.69) is 10.3 Å². The molecule has 0 saturated carbocycles. The zero-order valence-electron chi connectivity index (χ0n) is 9.25. The topological polar surface area (TPSA) is 71.2 Å². The van der Waals surface area contributed by atoms with Gasteiger partial charge in [-0.15, -0.1) is 0 Å². The predicted molar refractivity (Wildman–Crippen MR) is 62.5 cm³/mol. The van der Waals surface area contributed by atoms with Crippen LogP contribution in [0.3, 0.4) is 0 Å². The molecule has 0 spiro atoms. The summed E-state index contributed by atoms with van der Waals surface area (Å²) in [6.45, 7) is 3.16. The van der Waals surface area contributed by atoms with Crippen molar-refractivity contribution in [2.24, 2.45) is 0 Å². The summed E-state index contributed by atoms with van der Waals surface area (Å²) in [6, 6.07) is 0. The summed E-state index contributed by atoms with van der Waals surface area (Å²) in [7, 11) is 0. The van der Waals surface area contributed by atoms with Crippen LogP contribution in [-0.4, -0.2) is 24.1 Å². The lowest BCUT2D eigenvalue weighted by atomic mass is 10.4. The van der Waals surface area contributed by atoms with Gasteiger partial charge >= 0.3 is 10.8 Å². The fourth-order valence-corrected chi connectivity index (χ4v) is 1.66. The second-order valence-corrected chi connectivity index (χ2v) is 4.19. The summed E-state index contributed by atoms with van der Waals surface area (Å²) in [5.41, 5.74) is 0.788. The van der Waals surface area contributed by atoms with E-state index >= 15 is 0 Å². The normalized spacial score (nSPS) is 10.3. The van der Waals surface area contributed by atoms with Crippen molar-refractivity contribution in [2.45, 2.75) is 26.3 Å². The van der Waals surface area contributed by atoms with E-state index < -0.39 is 0 Å². The van der Waals surface area contributed by atoms with Crippen LogP contribution >= 0.6 is 11.3 Å². The second kappa shape index (κ2) is 7.19.